The fourth-order valence-electron chi connectivity index (χ4n) is 3.96. The van der Waals surface area contributed by atoms with Gasteiger partial charge in [0.05, 0.1) is 23.8 Å². The van der Waals surface area contributed by atoms with Crippen LogP contribution in [0, 0.1) is 5.82 Å². The molecule has 0 saturated carbocycles. The Bertz CT molecular complexity index is 1420. The molecule has 0 aliphatic heterocycles. The first-order valence-corrected chi connectivity index (χ1v) is 12.5. The minimum Gasteiger partial charge on any atom is -0.494 e. The first kappa shape index (κ1) is 24.7. The fourth-order valence-corrected chi connectivity index (χ4v) is 4.84. The van der Waals surface area contributed by atoms with E-state index in [2.05, 4.69) is 17.1 Å². The Labute approximate surface area is 206 Å². The highest BCUT2D eigenvalue weighted by Crippen LogP contribution is 2.23. The number of unbranched alkanes of at least 4 members (excludes halogenated alkanes) is 2. The quantitative estimate of drug-likeness (QED) is 0.242. The van der Waals surface area contributed by atoms with E-state index in [1.54, 1.807) is 29.8 Å². The second-order valence-corrected chi connectivity index (χ2v) is 9.25. The number of thioether (sulfide) groups is 1. The molecule has 0 saturated heterocycles. The van der Waals surface area contributed by atoms with Gasteiger partial charge in [-0.3, -0.25) is 18.6 Å². The maximum absolute atomic E-state index is 14.0. The fraction of sp³-hybridized carbons (Fsp3) is 0.360. The molecule has 1 amide bonds. The number of ether oxygens (including phenoxy) is 1. The van der Waals surface area contributed by atoms with E-state index in [-0.39, 0.29) is 29.5 Å². The molecule has 10 heteroatoms. The van der Waals surface area contributed by atoms with Gasteiger partial charge in [-0.25, -0.2) is 4.39 Å². The standard InChI is InChI=1S/C25H28FN5O3S/c1-4-5-8-13-30-23(33)18-9-6-7-10-20(18)31-24(30)27-28-25(31)35-16-22(32)29(2)15-17-11-12-21(34-3)19(26)14-17/h6-7,9-12,14H,4-5,8,13,15-16H2,1-3H3. The van der Waals surface area contributed by atoms with Crippen molar-refractivity contribution in [1.82, 2.24) is 24.1 Å². The van der Waals surface area contributed by atoms with Crippen molar-refractivity contribution in [3.05, 3.63) is 64.2 Å². The number of rotatable bonds is 10. The Balaban J connectivity index is 1.56. The van der Waals surface area contributed by atoms with Gasteiger partial charge in [0, 0.05) is 20.1 Å². The molecule has 8 nitrogen and oxygen atoms in total. The number of fused-ring (bicyclic) bond motifs is 3. The summed E-state index contributed by atoms with van der Waals surface area (Å²) in [6, 6.07) is 12.0. The number of para-hydroxylation sites is 1. The van der Waals surface area contributed by atoms with Crippen molar-refractivity contribution in [2.24, 2.45) is 0 Å². The third kappa shape index (κ3) is 5.17. The van der Waals surface area contributed by atoms with Crippen molar-refractivity contribution in [2.75, 3.05) is 19.9 Å². The third-order valence-corrected chi connectivity index (χ3v) is 6.76. The third-order valence-electron chi connectivity index (χ3n) is 5.85. The first-order chi connectivity index (χ1) is 16.9. The van der Waals surface area contributed by atoms with Crippen LogP contribution in [-0.2, 0) is 17.9 Å². The van der Waals surface area contributed by atoms with Gasteiger partial charge in [0.25, 0.3) is 5.56 Å². The van der Waals surface area contributed by atoms with Gasteiger partial charge in [0.1, 0.15) is 0 Å². The summed E-state index contributed by atoms with van der Waals surface area (Å²) >= 11 is 1.26. The number of carbonyl (C=O) groups excluding carboxylic acids is 1. The topological polar surface area (TPSA) is 81.7 Å². The van der Waals surface area contributed by atoms with E-state index in [0.29, 0.717) is 33.9 Å². The maximum Gasteiger partial charge on any atom is 0.262 e. The summed E-state index contributed by atoms with van der Waals surface area (Å²) in [6.45, 7) is 2.94. The zero-order chi connectivity index (χ0) is 24.9. The second kappa shape index (κ2) is 10.9. The molecule has 4 aromatic rings. The largest absolute Gasteiger partial charge is 0.494 e. The van der Waals surface area contributed by atoms with Gasteiger partial charge >= 0.3 is 0 Å². The summed E-state index contributed by atoms with van der Waals surface area (Å²) in [5, 5.41) is 9.73. The molecular weight excluding hydrogens is 469 g/mol. The van der Waals surface area contributed by atoms with Crippen LogP contribution in [0.5, 0.6) is 5.75 Å². The Hall–Kier alpha value is -3.40. The second-order valence-electron chi connectivity index (χ2n) is 8.31. The molecule has 4 rings (SSSR count). The molecule has 0 radical (unpaired) electrons. The molecular formula is C25H28FN5O3S. The minimum atomic E-state index is -0.466. The van der Waals surface area contributed by atoms with Crippen LogP contribution in [0.25, 0.3) is 16.7 Å². The van der Waals surface area contributed by atoms with Crippen molar-refractivity contribution in [3.63, 3.8) is 0 Å². The highest BCUT2D eigenvalue weighted by molar-refractivity contribution is 7.99. The van der Waals surface area contributed by atoms with E-state index in [9.17, 15) is 14.0 Å². The summed E-state index contributed by atoms with van der Waals surface area (Å²) in [5.74, 6) is 0.161. The Kier molecular flexibility index (Phi) is 7.70. The van der Waals surface area contributed by atoms with Gasteiger partial charge in [-0.1, -0.05) is 49.7 Å². The smallest absolute Gasteiger partial charge is 0.262 e. The van der Waals surface area contributed by atoms with Crippen molar-refractivity contribution >= 4 is 34.3 Å². The number of hydrogen-bond donors (Lipinski definition) is 0. The Morgan fingerprint density at radius 1 is 1.17 bits per heavy atom. The zero-order valence-electron chi connectivity index (χ0n) is 20.0. The van der Waals surface area contributed by atoms with Gasteiger partial charge in [0.15, 0.2) is 16.7 Å². The number of aryl methyl sites for hydroxylation is 1. The van der Waals surface area contributed by atoms with E-state index in [1.807, 2.05) is 22.6 Å². The summed E-state index contributed by atoms with van der Waals surface area (Å²) in [4.78, 5) is 27.5. The SMILES string of the molecule is CCCCCn1c(=O)c2ccccc2n2c(SCC(=O)N(C)Cc3ccc(OC)c(F)c3)nnc12. The molecule has 0 fully saturated rings. The molecule has 0 N–H and O–H groups in total. The lowest BCUT2D eigenvalue weighted by Crippen LogP contribution is -2.28. The van der Waals surface area contributed by atoms with Crippen LogP contribution in [0.2, 0.25) is 0 Å². The molecule has 0 aliphatic rings. The number of methoxy groups -OCH3 is 1. The van der Waals surface area contributed by atoms with Gasteiger partial charge in [-0.05, 0) is 36.2 Å². The summed E-state index contributed by atoms with van der Waals surface area (Å²) in [7, 11) is 3.08. The lowest BCUT2D eigenvalue weighted by Gasteiger charge is -2.17. The number of amides is 1. The average Bonchev–Trinajstić information content (AvgIpc) is 3.28. The van der Waals surface area contributed by atoms with Crippen LogP contribution >= 0.6 is 11.8 Å². The van der Waals surface area contributed by atoms with Gasteiger partial charge in [-0.15, -0.1) is 10.2 Å². The van der Waals surface area contributed by atoms with Crippen molar-refractivity contribution in [3.8, 4) is 5.75 Å². The van der Waals surface area contributed by atoms with Gasteiger partial charge in [0.2, 0.25) is 11.7 Å². The normalized spacial score (nSPS) is 11.3. The Morgan fingerprint density at radius 3 is 2.71 bits per heavy atom. The number of carbonyl (C=O) groups is 1. The van der Waals surface area contributed by atoms with Crippen LogP contribution in [0.15, 0.2) is 52.4 Å². The van der Waals surface area contributed by atoms with E-state index < -0.39 is 5.82 Å². The van der Waals surface area contributed by atoms with Crippen LogP contribution in [-0.4, -0.2) is 49.9 Å². The molecule has 0 spiro atoms. The number of benzene rings is 2. The molecule has 0 aliphatic carbocycles. The molecule has 2 heterocycles. The number of hydrogen-bond acceptors (Lipinski definition) is 6. The Morgan fingerprint density at radius 2 is 1.97 bits per heavy atom. The monoisotopic (exact) mass is 497 g/mol. The molecule has 0 bridgehead atoms. The minimum absolute atomic E-state index is 0.0873. The average molecular weight is 498 g/mol. The number of halogens is 1. The van der Waals surface area contributed by atoms with E-state index in [4.69, 9.17) is 4.74 Å². The van der Waals surface area contributed by atoms with Crippen molar-refractivity contribution < 1.29 is 13.9 Å². The highest BCUT2D eigenvalue weighted by atomic mass is 32.2. The first-order valence-electron chi connectivity index (χ1n) is 11.5. The molecule has 0 unspecified atom stereocenters. The molecule has 2 aromatic heterocycles. The molecule has 35 heavy (non-hydrogen) atoms. The lowest BCUT2D eigenvalue weighted by molar-refractivity contribution is -0.127. The predicted octanol–water partition coefficient (Wildman–Crippen LogP) is 4.13. The molecule has 184 valence electrons. The van der Waals surface area contributed by atoms with Gasteiger partial charge in [-0.2, -0.15) is 0 Å². The van der Waals surface area contributed by atoms with Crippen LogP contribution in [0.3, 0.4) is 0 Å². The van der Waals surface area contributed by atoms with Crippen molar-refractivity contribution in [2.45, 2.75) is 44.4 Å². The summed E-state index contributed by atoms with van der Waals surface area (Å²) in [6.07, 6.45) is 2.93. The van der Waals surface area contributed by atoms with E-state index >= 15 is 0 Å². The summed E-state index contributed by atoms with van der Waals surface area (Å²) in [5.41, 5.74) is 1.29. The van der Waals surface area contributed by atoms with E-state index in [1.165, 1.54) is 29.8 Å². The van der Waals surface area contributed by atoms with Crippen LogP contribution in [0.1, 0.15) is 31.7 Å². The number of aromatic nitrogens is 4. The lowest BCUT2D eigenvalue weighted by atomic mass is 10.2. The molecule has 2 aromatic carbocycles. The predicted molar refractivity (Wildman–Crippen MR) is 134 cm³/mol. The van der Waals surface area contributed by atoms with Gasteiger partial charge < -0.3 is 9.64 Å². The highest BCUT2D eigenvalue weighted by Gasteiger charge is 2.18. The number of nitrogens with zero attached hydrogens (tertiary/aromatic N) is 5. The summed E-state index contributed by atoms with van der Waals surface area (Å²) < 4.78 is 22.5. The van der Waals surface area contributed by atoms with Crippen LogP contribution < -0.4 is 10.3 Å². The zero-order valence-corrected chi connectivity index (χ0v) is 20.8. The maximum atomic E-state index is 14.0. The van der Waals surface area contributed by atoms with Crippen molar-refractivity contribution in [1.29, 1.82) is 0 Å². The van der Waals surface area contributed by atoms with E-state index in [0.717, 1.165) is 19.3 Å². The molecule has 0 atom stereocenters. The van der Waals surface area contributed by atoms with Crippen LogP contribution in [0.4, 0.5) is 4.39 Å².